The summed E-state index contributed by atoms with van der Waals surface area (Å²) in [4.78, 5) is 15.2. The Labute approximate surface area is 168 Å². The molecule has 2 aromatic rings. The fraction of sp³-hybridized carbons (Fsp3) is 0.458. The number of carbonyl (C=O) groups excluding carboxylic acids is 1. The summed E-state index contributed by atoms with van der Waals surface area (Å²) < 4.78 is 5.85. The summed E-state index contributed by atoms with van der Waals surface area (Å²) in [6, 6.07) is 12.7. The Morgan fingerprint density at radius 3 is 2.57 bits per heavy atom. The zero-order chi connectivity index (χ0) is 20.3. The van der Waals surface area contributed by atoms with Gasteiger partial charge in [-0.2, -0.15) is 0 Å². The van der Waals surface area contributed by atoms with Gasteiger partial charge in [-0.25, -0.2) is 0 Å². The number of benzene rings is 2. The van der Waals surface area contributed by atoms with Gasteiger partial charge in [-0.15, -0.1) is 0 Å². The maximum Gasteiger partial charge on any atom is 0.251 e. The molecule has 4 nitrogen and oxygen atoms in total. The van der Waals surface area contributed by atoms with Crippen LogP contribution in [0.2, 0.25) is 0 Å². The number of rotatable bonds is 6. The van der Waals surface area contributed by atoms with Gasteiger partial charge in [0.05, 0.1) is 12.6 Å². The van der Waals surface area contributed by atoms with Crippen LogP contribution in [0.25, 0.3) is 0 Å². The predicted octanol–water partition coefficient (Wildman–Crippen LogP) is 4.79. The number of hydrogen-bond donors (Lipinski definition) is 1. The zero-order valence-corrected chi connectivity index (χ0v) is 17.7. The summed E-state index contributed by atoms with van der Waals surface area (Å²) in [5.74, 6) is 0.894. The number of nitrogens with zero attached hydrogens (tertiary/aromatic N) is 1. The summed E-state index contributed by atoms with van der Waals surface area (Å²) in [6.07, 6.45) is 0.791. The Hall–Kier alpha value is -2.33. The first-order valence-corrected chi connectivity index (χ1v) is 10.3. The van der Waals surface area contributed by atoms with Crippen LogP contribution in [0.1, 0.15) is 65.8 Å². The molecule has 0 aliphatic carbocycles. The zero-order valence-electron chi connectivity index (χ0n) is 17.7. The Bertz CT molecular complexity index is 827. The van der Waals surface area contributed by atoms with Crippen molar-refractivity contribution in [2.75, 3.05) is 13.2 Å². The molecule has 4 heteroatoms. The minimum Gasteiger partial charge on any atom is -0.493 e. The van der Waals surface area contributed by atoms with E-state index >= 15 is 0 Å². The fourth-order valence-electron chi connectivity index (χ4n) is 3.92. The van der Waals surface area contributed by atoms with Crippen LogP contribution in [-0.2, 0) is 6.54 Å². The van der Waals surface area contributed by atoms with Crippen LogP contribution in [0.5, 0.6) is 5.75 Å². The van der Waals surface area contributed by atoms with Gasteiger partial charge in [0.15, 0.2) is 0 Å². The van der Waals surface area contributed by atoms with Crippen molar-refractivity contribution in [3.05, 3.63) is 64.2 Å². The van der Waals surface area contributed by atoms with E-state index in [9.17, 15) is 4.79 Å². The van der Waals surface area contributed by atoms with Gasteiger partial charge in [0.25, 0.3) is 5.91 Å². The van der Waals surface area contributed by atoms with E-state index in [4.69, 9.17) is 4.74 Å². The highest BCUT2D eigenvalue weighted by Crippen LogP contribution is 2.35. The van der Waals surface area contributed by atoms with E-state index in [1.165, 1.54) is 11.1 Å². The Morgan fingerprint density at radius 2 is 1.93 bits per heavy atom. The molecule has 1 aliphatic rings. The van der Waals surface area contributed by atoms with Crippen molar-refractivity contribution >= 4 is 5.91 Å². The summed E-state index contributed by atoms with van der Waals surface area (Å²) in [5, 5.41) is 3.21. The Morgan fingerprint density at radius 1 is 1.21 bits per heavy atom. The van der Waals surface area contributed by atoms with Crippen LogP contribution in [0.15, 0.2) is 36.4 Å². The standard InChI is InChI=1S/C24H32N2O2/c1-6-26(16(2)3)15-19-7-9-20(10-8-19)24(27)25-22-11-12-28-23-18(5)13-17(4)14-21(22)23/h7-10,13-14,16,22H,6,11-12,15H2,1-5H3,(H,25,27). The third kappa shape index (κ3) is 4.56. The first kappa shape index (κ1) is 20.4. The quantitative estimate of drug-likeness (QED) is 0.784. The van der Waals surface area contributed by atoms with Crippen molar-refractivity contribution in [3.8, 4) is 5.75 Å². The first-order valence-electron chi connectivity index (χ1n) is 10.3. The average molecular weight is 381 g/mol. The maximum absolute atomic E-state index is 12.8. The molecule has 0 bridgehead atoms. The molecular weight excluding hydrogens is 348 g/mol. The largest absolute Gasteiger partial charge is 0.493 e. The molecule has 1 unspecified atom stereocenters. The lowest BCUT2D eigenvalue weighted by molar-refractivity contribution is 0.0924. The molecule has 0 saturated heterocycles. The van der Waals surface area contributed by atoms with Crippen molar-refractivity contribution in [3.63, 3.8) is 0 Å². The second-order valence-electron chi connectivity index (χ2n) is 8.02. The summed E-state index contributed by atoms with van der Waals surface area (Å²) in [5.41, 5.74) is 5.34. The number of ether oxygens (including phenoxy) is 1. The number of hydrogen-bond acceptors (Lipinski definition) is 3. The van der Waals surface area contributed by atoms with E-state index in [-0.39, 0.29) is 11.9 Å². The van der Waals surface area contributed by atoms with Crippen molar-refractivity contribution in [2.24, 2.45) is 0 Å². The van der Waals surface area contributed by atoms with E-state index in [1.807, 2.05) is 12.1 Å². The summed E-state index contributed by atoms with van der Waals surface area (Å²) in [6.45, 7) is 13.3. The first-order chi connectivity index (χ1) is 13.4. The number of aryl methyl sites for hydroxylation is 2. The maximum atomic E-state index is 12.8. The molecule has 1 aliphatic heterocycles. The molecule has 1 amide bonds. The second-order valence-corrected chi connectivity index (χ2v) is 8.02. The molecule has 0 saturated carbocycles. The van der Waals surface area contributed by atoms with Gasteiger partial charge in [0.1, 0.15) is 5.75 Å². The van der Waals surface area contributed by atoms with Gasteiger partial charge in [0.2, 0.25) is 0 Å². The minimum atomic E-state index is -0.0280. The molecule has 0 spiro atoms. The van der Waals surface area contributed by atoms with Crippen LogP contribution >= 0.6 is 0 Å². The molecule has 3 rings (SSSR count). The van der Waals surface area contributed by atoms with Crippen LogP contribution in [-0.4, -0.2) is 30.0 Å². The lowest BCUT2D eigenvalue weighted by atomic mass is 9.95. The Balaban J connectivity index is 1.71. The number of amides is 1. The fourth-order valence-corrected chi connectivity index (χ4v) is 3.92. The van der Waals surface area contributed by atoms with Crippen LogP contribution < -0.4 is 10.1 Å². The molecule has 2 aromatic carbocycles. The Kier molecular flexibility index (Phi) is 6.40. The normalized spacial score (nSPS) is 16.0. The molecule has 1 heterocycles. The third-order valence-electron chi connectivity index (χ3n) is 5.52. The predicted molar refractivity (Wildman–Crippen MR) is 114 cm³/mol. The van der Waals surface area contributed by atoms with Crippen LogP contribution in [0.3, 0.4) is 0 Å². The van der Waals surface area contributed by atoms with Crippen LogP contribution in [0.4, 0.5) is 0 Å². The molecule has 0 fully saturated rings. The van der Waals surface area contributed by atoms with E-state index in [2.05, 4.69) is 69.1 Å². The van der Waals surface area contributed by atoms with Crippen LogP contribution in [0, 0.1) is 13.8 Å². The number of carbonyl (C=O) groups is 1. The highest BCUT2D eigenvalue weighted by atomic mass is 16.5. The van der Waals surface area contributed by atoms with Gasteiger partial charge in [-0.1, -0.05) is 36.8 Å². The van der Waals surface area contributed by atoms with E-state index < -0.39 is 0 Å². The van der Waals surface area contributed by atoms with E-state index in [0.717, 1.165) is 36.4 Å². The second kappa shape index (κ2) is 8.78. The summed E-state index contributed by atoms with van der Waals surface area (Å²) in [7, 11) is 0. The van der Waals surface area contributed by atoms with Gasteiger partial charge in [-0.05, 0) is 57.5 Å². The molecule has 1 N–H and O–H groups in total. The van der Waals surface area contributed by atoms with Gasteiger partial charge in [-0.3, -0.25) is 9.69 Å². The average Bonchev–Trinajstić information content (AvgIpc) is 2.66. The smallest absolute Gasteiger partial charge is 0.251 e. The highest BCUT2D eigenvalue weighted by molar-refractivity contribution is 5.94. The molecule has 0 aromatic heterocycles. The molecule has 0 radical (unpaired) electrons. The molecular formula is C24H32N2O2. The minimum absolute atomic E-state index is 0.00829. The topological polar surface area (TPSA) is 41.6 Å². The van der Waals surface area contributed by atoms with E-state index in [1.54, 1.807) is 0 Å². The van der Waals surface area contributed by atoms with Crippen molar-refractivity contribution in [1.29, 1.82) is 0 Å². The third-order valence-corrected chi connectivity index (χ3v) is 5.52. The monoisotopic (exact) mass is 380 g/mol. The number of nitrogens with one attached hydrogen (secondary N) is 1. The van der Waals surface area contributed by atoms with Crippen molar-refractivity contribution < 1.29 is 9.53 Å². The van der Waals surface area contributed by atoms with Crippen molar-refractivity contribution in [1.82, 2.24) is 10.2 Å². The SMILES string of the molecule is CCN(Cc1ccc(C(=O)NC2CCOc3c(C)cc(C)cc32)cc1)C(C)C. The van der Waals surface area contributed by atoms with Crippen molar-refractivity contribution in [2.45, 2.75) is 59.7 Å². The van der Waals surface area contributed by atoms with Gasteiger partial charge in [0, 0.05) is 30.1 Å². The molecule has 1 atom stereocenters. The number of fused-ring (bicyclic) bond motifs is 1. The van der Waals surface area contributed by atoms with Gasteiger partial charge < -0.3 is 10.1 Å². The molecule has 28 heavy (non-hydrogen) atoms. The van der Waals surface area contributed by atoms with E-state index in [0.29, 0.717) is 18.2 Å². The lowest BCUT2D eigenvalue weighted by Crippen LogP contribution is -2.32. The summed E-state index contributed by atoms with van der Waals surface area (Å²) >= 11 is 0. The highest BCUT2D eigenvalue weighted by Gasteiger charge is 2.25. The van der Waals surface area contributed by atoms with Gasteiger partial charge >= 0.3 is 0 Å². The molecule has 150 valence electrons. The lowest BCUT2D eigenvalue weighted by Gasteiger charge is -2.28.